The molecule has 0 atom stereocenters. The molecule has 4 heterocycles. The molecule has 0 unspecified atom stereocenters. The Balaban J connectivity index is 1.12. The van der Waals surface area contributed by atoms with E-state index >= 15 is 0 Å². The average Bonchev–Trinajstić information content (AvgIpc) is 4.00. The number of fused-ring (bicyclic) bond motifs is 8. The molecule has 0 saturated heterocycles. The van der Waals surface area contributed by atoms with E-state index in [2.05, 4.69) is 237 Å². The molecule has 0 amide bonds. The van der Waals surface area contributed by atoms with Crippen molar-refractivity contribution in [2.24, 2.45) is 0 Å². The molecule has 0 N–H and O–H groups in total. The van der Waals surface area contributed by atoms with Crippen molar-refractivity contribution in [1.82, 2.24) is 8.97 Å². The van der Waals surface area contributed by atoms with Gasteiger partial charge in [0.25, 0.3) is 0 Å². The number of rotatable bonds is 7. The van der Waals surface area contributed by atoms with Gasteiger partial charge in [-0.25, -0.2) is 0 Å². The maximum Gasteiger partial charge on any atom is 0.135 e. The number of furan rings is 1. The van der Waals surface area contributed by atoms with Gasteiger partial charge in [-0.05, 0) is 109 Å². The Morgan fingerprint density at radius 1 is 0.292 bits per heavy atom. The summed E-state index contributed by atoms with van der Waals surface area (Å²) in [5, 5.41) is 9.68. The molecule has 5 nitrogen and oxygen atoms in total. The van der Waals surface area contributed by atoms with Gasteiger partial charge in [0, 0.05) is 60.5 Å². The number of benzene rings is 10. The third kappa shape index (κ3) is 5.27. The zero-order valence-corrected chi connectivity index (χ0v) is 35.1. The third-order valence-corrected chi connectivity index (χ3v) is 13.3. The van der Waals surface area contributed by atoms with Gasteiger partial charge >= 0.3 is 0 Å². The van der Waals surface area contributed by atoms with Crippen LogP contribution < -0.4 is 9.80 Å². The van der Waals surface area contributed by atoms with Gasteiger partial charge in [0.15, 0.2) is 0 Å². The molecule has 10 aromatic carbocycles. The van der Waals surface area contributed by atoms with E-state index in [1.165, 1.54) is 48.9 Å². The molecule has 0 fully saturated rings. The minimum atomic E-state index is 0.865. The summed E-state index contributed by atoms with van der Waals surface area (Å²) >= 11 is 0. The smallest absolute Gasteiger partial charge is 0.135 e. The normalized spacial score (nSPS) is 12.0. The van der Waals surface area contributed by atoms with Gasteiger partial charge < -0.3 is 23.2 Å². The lowest BCUT2D eigenvalue weighted by atomic mass is 10.0. The lowest BCUT2D eigenvalue weighted by Gasteiger charge is -2.30. The molecule has 0 saturated carbocycles. The highest BCUT2D eigenvalue weighted by molar-refractivity contribution is 6.31. The summed E-state index contributed by atoms with van der Waals surface area (Å²) in [4.78, 5) is 4.75. The van der Waals surface area contributed by atoms with Crippen molar-refractivity contribution in [1.29, 1.82) is 0 Å². The number of nitrogens with zero attached hydrogens (tertiary/aromatic N) is 4. The van der Waals surface area contributed by atoms with Crippen molar-refractivity contribution in [2.75, 3.05) is 9.80 Å². The minimum Gasteiger partial charge on any atom is -0.456 e. The van der Waals surface area contributed by atoms with E-state index in [-0.39, 0.29) is 0 Å². The Bertz CT molecular complexity index is 4090. The molecule has 0 radical (unpaired) electrons. The molecule has 14 aromatic rings. The zero-order chi connectivity index (χ0) is 42.6. The maximum atomic E-state index is 6.36. The van der Waals surface area contributed by atoms with Crippen LogP contribution in [0.15, 0.2) is 235 Å². The largest absolute Gasteiger partial charge is 0.456 e. The van der Waals surface area contributed by atoms with Gasteiger partial charge in [-0.1, -0.05) is 127 Å². The van der Waals surface area contributed by atoms with Gasteiger partial charge in [-0.2, -0.15) is 0 Å². The Morgan fingerprint density at radius 2 is 0.785 bits per heavy atom. The van der Waals surface area contributed by atoms with Crippen molar-refractivity contribution in [3.8, 4) is 5.69 Å². The second kappa shape index (κ2) is 13.9. The summed E-state index contributed by atoms with van der Waals surface area (Å²) in [6, 6.07) is 83.3. The molecule has 14 rings (SSSR count). The molecular formula is C60H38N4O. The number of anilines is 6. The standard InChI is InChI=1S/C60H38N4O/c1-4-17-39(18-5-1)61(40-19-6-2-7-20-40)43-35-44(62(41-21-8-3-9-22-41)42-33-34-57-51(38-42)47-24-11-13-32-56(47)65-57)37-45(36-43)63-53-29-15-25-48-50-27-14-26-49-46-23-10-12-28-52(46)64(60(49)50)55-31-16-30-54(63)59(55)58(48)53/h1-38H. The molecule has 0 aliphatic heterocycles. The third-order valence-electron chi connectivity index (χ3n) is 13.3. The summed E-state index contributed by atoms with van der Waals surface area (Å²) < 4.78 is 11.4. The molecule has 65 heavy (non-hydrogen) atoms. The SMILES string of the molecule is c1ccc(N(c2ccccc2)c2cc(N(c3ccccc3)c3ccc4oc5ccccc5c4c3)cc(-n3c4cccc5c6cccc7c8ccccc8n(c8cccc3c8c54)c67)c2)cc1. The van der Waals surface area contributed by atoms with Crippen molar-refractivity contribution in [2.45, 2.75) is 0 Å². The molecule has 0 aliphatic rings. The minimum absolute atomic E-state index is 0.865. The Morgan fingerprint density at radius 3 is 1.49 bits per heavy atom. The van der Waals surface area contributed by atoms with Crippen molar-refractivity contribution in [3.05, 3.63) is 231 Å². The van der Waals surface area contributed by atoms with Gasteiger partial charge in [0.05, 0.1) is 44.6 Å². The predicted octanol–water partition coefficient (Wildman–Crippen LogP) is 16.8. The van der Waals surface area contributed by atoms with Gasteiger partial charge in [0.1, 0.15) is 11.2 Å². The predicted molar refractivity (Wildman–Crippen MR) is 272 cm³/mol. The fraction of sp³-hybridized carbons (Fsp3) is 0. The van der Waals surface area contributed by atoms with Crippen LogP contribution in [0.2, 0.25) is 0 Å². The maximum absolute atomic E-state index is 6.36. The lowest BCUT2D eigenvalue weighted by molar-refractivity contribution is 0.669. The molecule has 0 aliphatic carbocycles. The molecular weight excluding hydrogens is 793 g/mol. The van der Waals surface area contributed by atoms with E-state index in [0.29, 0.717) is 0 Å². The van der Waals surface area contributed by atoms with Crippen LogP contribution in [-0.2, 0) is 0 Å². The van der Waals surface area contributed by atoms with E-state index < -0.39 is 0 Å². The van der Waals surface area contributed by atoms with Crippen LogP contribution in [0.1, 0.15) is 0 Å². The van der Waals surface area contributed by atoms with Gasteiger partial charge in [-0.3, -0.25) is 0 Å². The second-order valence-electron chi connectivity index (χ2n) is 16.9. The fourth-order valence-electron chi connectivity index (χ4n) is 10.7. The second-order valence-corrected chi connectivity index (χ2v) is 16.9. The highest BCUT2D eigenvalue weighted by Crippen LogP contribution is 2.47. The first-order chi connectivity index (χ1) is 32.3. The van der Waals surface area contributed by atoms with Crippen LogP contribution in [0.5, 0.6) is 0 Å². The van der Waals surface area contributed by atoms with Gasteiger partial charge in [-0.15, -0.1) is 0 Å². The van der Waals surface area contributed by atoms with Crippen LogP contribution in [0, 0.1) is 0 Å². The fourth-order valence-corrected chi connectivity index (χ4v) is 10.7. The van der Waals surface area contributed by atoms with Crippen LogP contribution in [-0.4, -0.2) is 8.97 Å². The highest BCUT2D eigenvalue weighted by Gasteiger charge is 2.25. The summed E-state index contributed by atoms with van der Waals surface area (Å²) in [5.41, 5.74) is 15.0. The van der Waals surface area contributed by atoms with Crippen molar-refractivity contribution in [3.63, 3.8) is 0 Å². The molecule has 5 heteroatoms. The quantitative estimate of drug-likeness (QED) is 0.160. The van der Waals surface area contributed by atoms with Crippen LogP contribution in [0.3, 0.4) is 0 Å². The topological polar surface area (TPSA) is 29.0 Å². The first kappa shape index (κ1) is 35.8. The van der Waals surface area contributed by atoms with Crippen LogP contribution >= 0.6 is 0 Å². The Labute approximate surface area is 373 Å². The Hall–Kier alpha value is -8.80. The average molecular weight is 831 g/mol. The van der Waals surface area contributed by atoms with Gasteiger partial charge in [0.2, 0.25) is 0 Å². The number of hydrogen-bond donors (Lipinski definition) is 0. The monoisotopic (exact) mass is 830 g/mol. The van der Waals surface area contributed by atoms with Crippen LogP contribution in [0.25, 0.3) is 87.5 Å². The highest BCUT2D eigenvalue weighted by atomic mass is 16.3. The number of aromatic nitrogens is 2. The summed E-state index contributed by atoms with van der Waals surface area (Å²) in [6.45, 7) is 0. The number of para-hydroxylation sites is 6. The lowest BCUT2D eigenvalue weighted by Crippen LogP contribution is -2.14. The van der Waals surface area contributed by atoms with Crippen molar-refractivity contribution >= 4 is 116 Å². The first-order valence-corrected chi connectivity index (χ1v) is 22.2. The summed E-state index contributed by atoms with van der Waals surface area (Å²) in [7, 11) is 0. The molecule has 0 spiro atoms. The molecule has 304 valence electrons. The van der Waals surface area contributed by atoms with Crippen LogP contribution in [0.4, 0.5) is 34.1 Å². The van der Waals surface area contributed by atoms with Crippen molar-refractivity contribution < 1.29 is 4.42 Å². The van der Waals surface area contributed by atoms with E-state index in [0.717, 1.165) is 72.8 Å². The number of hydrogen-bond acceptors (Lipinski definition) is 3. The summed E-state index contributed by atoms with van der Waals surface area (Å²) in [6.07, 6.45) is 0. The first-order valence-electron chi connectivity index (χ1n) is 22.2. The molecule has 0 bridgehead atoms. The summed E-state index contributed by atoms with van der Waals surface area (Å²) in [5.74, 6) is 0. The Kier molecular flexibility index (Phi) is 7.62. The molecule has 4 aromatic heterocycles. The van der Waals surface area contributed by atoms with E-state index in [9.17, 15) is 0 Å². The van der Waals surface area contributed by atoms with E-state index in [1.807, 2.05) is 12.1 Å². The zero-order valence-electron chi connectivity index (χ0n) is 35.1. The van der Waals surface area contributed by atoms with E-state index in [1.54, 1.807) is 0 Å². The van der Waals surface area contributed by atoms with E-state index in [4.69, 9.17) is 4.42 Å².